The molecular formula is C27H55NO3. The second-order valence-corrected chi connectivity index (χ2v) is 9.22. The Morgan fingerprint density at radius 2 is 1.16 bits per heavy atom. The molecule has 0 saturated carbocycles. The number of unbranched alkanes of at least 4 members (excludes halogenated alkanes) is 14. The number of hydrogen-bond donors (Lipinski definition) is 2. The molecule has 0 fully saturated rings. The third-order valence-corrected chi connectivity index (χ3v) is 6.18. The molecule has 0 aliphatic heterocycles. The number of nitrogens with one attached hydrogen (secondary N) is 1. The minimum Gasteiger partial charge on any atom is -0.465 e. The number of ether oxygens (including phenoxy) is 1. The van der Waals surface area contributed by atoms with Crippen molar-refractivity contribution in [2.45, 2.75) is 136 Å². The maximum absolute atomic E-state index is 12.7. The van der Waals surface area contributed by atoms with Gasteiger partial charge in [-0.1, -0.05) is 110 Å². The average molecular weight is 442 g/mol. The Balaban J connectivity index is 3.95. The summed E-state index contributed by atoms with van der Waals surface area (Å²) in [5, 5.41) is 11.9. The van der Waals surface area contributed by atoms with Crippen LogP contribution in [0.25, 0.3) is 0 Å². The third-order valence-electron chi connectivity index (χ3n) is 6.18. The van der Waals surface area contributed by atoms with Gasteiger partial charge in [-0.25, -0.2) is 0 Å². The summed E-state index contributed by atoms with van der Waals surface area (Å²) in [4.78, 5) is 12.7. The lowest BCUT2D eigenvalue weighted by molar-refractivity contribution is -0.149. The highest BCUT2D eigenvalue weighted by Gasteiger charge is 2.19. The summed E-state index contributed by atoms with van der Waals surface area (Å²) >= 11 is 0. The maximum Gasteiger partial charge on any atom is 0.308 e. The number of rotatable bonds is 25. The molecule has 0 saturated heterocycles. The van der Waals surface area contributed by atoms with Crippen LogP contribution in [-0.2, 0) is 9.53 Å². The quantitative estimate of drug-likeness (QED) is 0.116. The smallest absolute Gasteiger partial charge is 0.308 e. The largest absolute Gasteiger partial charge is 0.465 e. The van der Waals surface area contributed by atoms with Crippen molar-refractivity contribution in [2.24, 2.45) is 5.92 Å². The molecule has 0 rings (SSSR count). The van der Waals surface area contributed by atoms with Gasteiger partial charge in [0.25, 0.3) is 0 Å². The standard InChI is InChI=1S/C27H55NO3/c1-3-5-7-9-12-16-20-26(21-17-13-10-8-6-4-2)27(30)31-25-19-15-11-14-18-22-28-23-24-29/h26,28-29H,3-25H2,1-2H3. The molecule has 0 atom stereocenters. The van der Waals surface area contributed by atoms with Crippen LogP contribution in [0.3, 0.4) is 0 Å². The Morgan fingerprint density at radius 3 is 1.71 bits per heavy atom. The van der Waals surface area contributed by atoms with E-state index in [2.05, 4.69) is 19.2 Å². The zero-order valence-corrected chi connectivity index (χ0v) is 21.1. The van der Waals surface area contributed by atoms with E-state index in [1.807, 2.05) is 0 Å². The fourth-order valence-electron chi connectivity index (χ4n) is 4.10. The second-order valence-electron chi connectivity index (χ2n) is 9.22. The molecule has 0 radical (unpaired) electrons. The normalized spacial score (nSPS) is 11.4. The van der Waals surface area contributed by atoms with E-state index in [1.54, 1.807) is 0 Å². The van der Waals surface area contributed by atoms with Crippen LogP contribution in [0.15, 0.2) is 0 Å². The Bertz CT molecular complexity index is 346. The summed E-state index contributed by atoms with van der Waals surface area (Å²) in [6.45, 7) is 6.98. The van der Waals surface area contributed by atoms with Gasteiger partial charge in [0, 0.05) is 6.54 Å². The molecule has 0 spiro atoms. The third kappa shape index (κ3) is 22.4. The summed E-state index contributed by atoms with van der Waals surface area (Å²) in [5.74, 6) is 0.185. The summed E-state index contributed by atoms with van der Waals surface area (Å²) < 4.78 is 5.68. The van der Waals surface area contributed by atoms with E-state index in [1.165, 1.54) is 89.9 Å². The molecule has 186 valence electrons. The Labute approximate surface area is 194 Å². The molecule has 4 nitrogen and oxygen atoms in total. The molecule has 0 bridgehead atoms. The van der Waals surface area contributed by atoms with Crippen molar-refractivity contribution in [3.05, 3.63) is 0 Å². The van der Waals surface area contributed by atoms with Crippen LogP contribution in [-0.4, -0.2) is 37.4 Å². The maximum atomic E-state index is 12.7. The first kappa shape index (κ1) is 30.4. The van der Waals surface area contributed by atoms with Crippen molar-refractivity contribution in [1.82, 2.24) is 5.32 Å². The molecule has 0 heterocycles. The van der Waals surface area contributed by atoms with Crippen LogP contribution in [0.5, 0.6) is 0 Å². The molecule has 2 N–H and O–H groups in total. The Kier molecular flexibility index (Phi) is 25.1. The molecule has 0 aromatic rings. The van der Waals surface area contributed by atoms with E-state index in [9.17, 15) is 4.79 Å². The summed E-state index contributed by atoms with van der Waals surface area (Å²) in [6, 6.07) is 0. The van der Waals surface area contributed by atoms with Gasteiger partial charge in [-0.3, -0.25) is 4.79 Å². The lowest BCUT2D eigenvalue weighted by atomic mass is 9.94. The minimum absolute atomic E-state index is 0.0651. The van der Waals surface area contributed by atoms with Gasteiger partial charge < -0.3 is 15.2 Å². The molecule has 0 aliphatic rings. The summed E-state index contributed by atoms with van der Waals surface area (Å²) in [6.07, 6.45) is 23.1. The number of carbonyl (C=O) groups excluding carboxylic acids is 1. The number of aliphatic hydroxyl groups excluding tert-OH is 1. The topological polar surface area (TPSA) is 58.6 Å². The van der Waals surface area contributed by atoms with Crippen LogP contribution >= 0.6 is 0 Å². The van der Waals surface area contributed by atoms with E-state index < -0.39 is 0 Å². The van der Waals surface area contributed by atoms with Crippen LogP contribution in [0.2, 0.25) is 0 Å². The van der Waals surface area contributed by atoms with Gasteiger partial charge in [-0.15, -0.1) is 0 Å². The van der Waals surface area contributed by atoms with Crippen molar-refractivity contribution in [3.63, 3.8) is 0 Å². The van der Waals surface area contributed by atoms with Crippen LogP contribution in [0, 0.1) is 5.92 Å². The van der Waals surface area contributed by atoms with Crippen LogP contribution in [0.4, 0.5) is 0 Å². The van der Waals surface area contributed by atoms with Crippen LogP contribution < -0.4 is 5.32 Å². The van der Waals surface area contributed by atoms with Gasteiger partial charge in [0.05, 0.1) is 19.1 Å². The SMILES string of the molecule is CCCCCCCCC(CCCCCCCC)C(=O)OCCCCCCCNCCO. The zero-order chi connectivity index (χ0) is 22.8. The molecule has 4 heteroatoms. The van der Waals surface area contributed by atoms with Crippen molar-refractivity contribution in [3.8, 4) is 0 Å². The molecule has 0 aliphatic carbocycles. The van der Waals surface area contributed by atoms with Gasteiger partial charge in [0.1, 0.15) is 0 Å². The minimum atomic E-state index is 0.0651. The van der Waals surface area contributed by atoms with E-state index in [0.717, 1.165) is 38.6 Å². The van der Waals surface area contributed by atoms with Gasteiger partial charge in [-0.05, 0) is 32.2 Å². The molecule has 0 amide bonds. The monoisotopic (exact) mass is 441 g/mol. The average Bonchev–Trinajstić information content (AvgIpc) is 2.78. The first-order valence-corrected chi connectivity index (χ1v) is 13.7. The predicted molar refractivity (Wildman–Crippen MR) is 133 cm³/mol. The number of hydrogen-bond acceptors (Lipinski definition) is 4. The first-order valence-electron chi connectivity index (χ1n) is 13.7. The van der Waals surface area contributed by atoms with Crippen molar-refractivity contribution >= 4 is 5.97 Å². The van der Waals surface area contributed by atoms with Crippen molar-refractivity contribution < 1.29 is 14.6 Å². The highest BCUT2D eigenvalue weighted by molar-refractivity contribution is 5.72. The zero-order valence-electron chi connectivity index (χ0n) is 21.1. The van der Waals surface area contributed by atoms with E-state index in [0.29, 0.717) is 13.2 Å². The fraction of sp³-hybridized carbons (Fsp3) is 0.963. The van der Waals surface area contributed by atoms with E-state index in [4.69, 9.17) is 9.84 Å². The van der Waals surface area contributed by atoms with Gasteiger partial charge in [0.15, 0.2) is 0 Å². The fourth-order valence-corrected chi connectivity index (χ4v) is 4.10. The van der Waals surface area contributed by atoms with E-state index in [-0.39, 0.29) is 18.5 Å². The van der Waals surface area contributed by atoms with Crippen molar-refractivity contribution in [2.75, 3.05) is 26.3 Å². The van der Waals surface area contributed by atoms with Gasteiger partial charge >= 0.3 is 5.97 Å². The second kappa shape index (κ2) is 25.6. The lowest BCUT2D eigenvalue weighted by Crippen LogP contribution is -2.19. The lowest BCUT2D eigenvalue weighted by Gasteiger charge is -2.16. The molecular weight excluding hydrogens is 386 g/mol. The molecule has 0 unspecified atom stereocenters. The first-order chi connectivity index (χ1) is 15.3. The van der Waals surface area contributed by atoms with Crippen molar-refractivity contribution in [1.29, 1.82) is 0 Å². The Morgan fingerprint density at radius 1 is 0.677 bits per heavy atom. The van der Waals surface area contributed by atoms with E-state index >= 15 is 0 Å². The summed E-state index contributed by atoms with van der Waals surface area (Å²) in [7, 11) is 0. The number of esters is 1. The molecule has 0 aromatic carbocycles. The number of carbonyl (C=O) groups is 1. The number of aliphatic hydroxyl groups is 1. The highest BCUT2D eigenvalue weighted by Crippen LogP contribution is 2.21. The highest BCUT2D eigenvalue weighted by atomic mass is 16.5. The van der Waals surface area contributed by atoms with Crippen LogP contribution in [0.1, 0.15) is 136 Å². The Hall–Kier alpha value is -0.610. The van der Waals surface area contributed by atoms with Gasteiger partial charge in [-0.2, -0.15) is 0 Å². The predicted octanol–water partition coefficient (Wildman–Crippen LogP) is 7.18. The molecule has 31 heavy (non-hydrogen) atoms. The van der Waals surface area contributed by atoms with Gasteiger partial charge in [0.2, 0.25) is 0 Å². The molecule has 0 aromatic heterocycles. The summed E-state index contributed by atoms with van der Waals surface area (Å²) in [5.41, 5.74) is 0.